The molecule has 2 nitrogen and oxygen atoms in total. The fourth-order valence-electron chi connectivity index (χ4n) is 1.37. The molecule has 0 amide bonds. The van der Waals surface area contributed by atoms with Crippen molar-refractivity contribution in [1.82, 2.24) is 0 Å². The van der Waals surface area contributed by atoms with Crippen molar-refractivity contribution < 1.29 is 9.59 Å². The molecule has 0 aromatic rings. The minimum atomic E-state index is -2.09. The van der Waals surface area contributed by atoms with E-state index >= 15 is 0 Å². The van der Waals surface area contributed by atoms with E-state index in [1.807, 2.05) is 13.1 Å². The zero-order valence-corrected chi connectivity index (χ0v) is 10.4. The van der Waals surface area contributed by atoms with Crippen LogP contribution in [0, 0.1) is 5.92 Å². The van der Waals surface area contributed by atoms with Gasteiger partial charge in [-0.3, -0.25) is 0 Å². The molecule has 1 N–H and O–H groups in total. The number of carbonyl (C=O) groups excluding carboxylic acids is 1. The number of hydrogen-bond acceptors (Lipinski definition) is 2. The molecule has 0 bridgehead atoms. The summed E-state index contributed by atoms with van der Waals surface area (Å²) in [5, 5.41) is -0.00454. The van der Waals surface area contributed by atoms with Crippen LogP contribution in [0.5, 0.6) is 0 Å². The summed E-state index contributed by atoms with van der Waals surface area (Å²) in [6.45, 7) is 10.2. The summed E-state index contributed by atoms with van der Waals surface area (Å²) in [5.74, 6) is 0.381. The van der Waals surface area contributed by atoms with Crippen LogP contribution < -0.4 is 0 Å². The second-order valence-corrected chi connectivity index (χ2v) is 9.63. The third-order valence-corrected chi connectivity index (χ3v) is 6.53. The number of aldehydes is 1. The van der Waals surface area contributed by atoms with E-state index in [1.165, 1.54) is 0 Å². The van der Waals surface area contributed by atoms with Crippen LogP contribution in [0.25, 0.3) is 0 Å². The second kappa shape index (κ2) is 4.38. The van der Waals surface area contributed by atoms with E-state index in [2.05, 4.69) is 20.8 Å². The molecule has 0 spiro atoms. The molecule has 0 aromatic carbocycles. The first-order chi connectivity index (χ1) is 5.70. The SMILES string of the molecule is CC(CC=O)CC(C)(C)[Si](C)(C)O. The Morgan fingerprint density at radius 1 is 1.46 bits per heavy atom. The largest absolute Gasteiger partial charge is 0.432 e. The molecule has 1 atom stereocenters. The van der Waals surface area contributed by atoms with E-state index in [-0.39, 0.29) is 5.04 Å². The molecule has 0 aliphatic rings. The summed E-state index contributed by atoms with van der Waals surface area (Å²) in [5.41, 5.74) is 0. The van der Waals surface area contributed by atoms with Crippen molar-refractivity contribution in [2.45, 2.75) is 51.7 Å². The minimum absolute atomic E-state index is 0.00454. The summed E-state index contributed by atoms with van der Waals surface area (Å²) in [6, 6.07) is 0. The molecular weight excluding hydrogens is 180 g/mol. The molecule has 0 fully saturated rings. The van der Waals surface area contributed by atoms with Crippen LogP contribution in [0.2, 0.25) is 18.1 Å². The standard InChI is InChI=1S/C10H22O2Si/c1-9(6-7-11)8-10(2,3)13(4,5)12/h7,9,12H,6,8H2,1-5H3. The molecule has 78 valence electrons. The Hall–Kier alpha value is -0.153. The average molecular weight is 202 g/mol. The predicted octanol–water partition coefficient (Wildman–Crippen LogP) is 2.58. The van der Waals surface area contributed by atoms with E-state index in [4.69, 9.17) is 0 Å². The van der Waals surface area contributed by atoms with Crippen molar-refractivity contribution in [2.75, 3.05) is 0 Å². The topological polar surface area (TPSA) is 37.3 Å². The normalized spacial score (nSPS) is 15.5. The summed E-state index contributed by atoms with van der Waals surface area (Å²) >= 11 is 0. The highest BCUT2D eigenvalue weighted by molar-refractivity contribution is 6.72. The van der Waals surface area contributed by atoms with Crippen LogP contribution in [0.1, 0.15) is 33.6 Å². The second-order valence-electron chi connectivity index (χ2n) is 5.15. The lowest BCUT2D eigenvalue weighted by Gasteiger charge is -2.36. The maximum Gasteiger partial charge on any atom is 0.188 e. The molecule has 1 unspecified atom stereocenters. The van der Waals surface area contributed by atoms with Gasteiger partial charge in [-0.15, -0.1) is 0 Å². The van der Waals surface area contributed by atoms with Crippen LogP contribution in [0.4, 0.5) is 0 Å². The lowest BCUT2D eigenvalue weighted by Crippen LogP contribution is -2.39. The highest BCUT2D eigenvalue weighted by Crippen LogP contribution is 2.41. The highest BCUT2D eigenvalue weighted by atomic mass is 28.4. The van der Waals surface area contributed by atoms with Crippen molar-refractivity contribution >= 4 is 14.6 Å². The Balaban J connectivity index is 4.24. The molecule has 0 radical (unpaired) electrons. The van der Waals surface area contributed by atoms with Crippen molar-refractivity contribution in [3.8, 4) is 0 Å². The summed E-state index contributed by atoms with van der Waals surface area (Å²) < 4.78 is 0. The smallest absolute Gasteiger partial charge is 0.188 e. The van der Waals surface area contributed by atoms with Crippen LogP contribution in [-0.4, -0.2) is 19.4 Å². The number of rotatable bonds is 5. The van der Waals surface area contributed by atoms with E-state index in [1.54, 1.807) is 0 Å². The van der Waals surface area contributed by atoms with Gasteiger partial charge in [-0.1, -0.05) is 20.8 Å². The van der Waals surface area contributed by atoms with E-state index in [9.17, 15) is 9.59 Å². The molecule has 0 aromatic heterocycles. The van der Waals surface area contributed by atoms with Crippen molar-refractivity contribution in [2.24, 2.45) is 5.92 Å². The molecule has 3 heteroatoms. The van der Waals surface area contributed by atoms with Crippen molar-refractivity contribution in [3.05, 3.63) is 0 Å². The maximum absolute atomic E-state index is 10.3. The number of carbonyl (C=O) groups is 1. The van der Waals surface area contributed by atoms with Gasteiger partial charge < -0.3 is 9.59 Å². The first kappa shape index (κ1) is 12.8. The van der Waals surface area contributed by atoms with Gasteiger partial charge in [-0.05, 0) is 30.5 Å². The lowest BCUT2D eigenvalue weighted by molar-refractivity contribution is -0.108. The van der Waals surface area contributed by atoms with Crippen LogP contribution in [-0.2, 0) is 4.79 Å². The van der Waals surface area contributed by atoms with Gasteiger partial charge in [0.2, 0.25) is 0 Å². The molecule has 0 saturated carbocycles. The highest BCUT2D eigenvalue weighted by Gasteiger charge is 2.38. The van der Waals surface area contributed by atoms with Crippen molar-refractivity contribution in [1.29, 1.82) is 0 Å². The third-order valence-electron chi connectivity index (χ3n) is 3.01. The molecule has 0 aliphatic heterocycles. The van der Waals surface area contributed by atoms with Gasteiger partial charge in [-0.25, -0.2) is 0 Å². The van der Waals surface area contributed by atoms with E-state index in [0.29, 0.717) is 12.3 Å². The molecule has 0 rings (SSSR count). The van der Waals surface area contributed by atoms with Gasteiger partial charge in [-0.2, -0.15) is 0 Å². The fourth-order valence-corrected chi connectivity index (χ4v) is 2.22. The lowest BCUT2D eigenvalue weighted by atomic mass is 9.96. The molecular formula is C10H22O2Si. The maximum atomic E-state index is 10.3. The van der Waals surface area contributed by atoms with E-state index in [0.717, 1.165) is 12.7 Å². The summed E-state index contributed by atoms with van der Waals surface area (Å²) in [7, 11) is -2.09. The Labute approximate surface area is 82.5 Å². The Morgan fingerprint density at radius 3 is 2.23 bits per heavy atom. The minimum Gasteiger partial charge on any atom is -0.432 e. The molecule has 0 aliphatic carbocycles. The van der Waals surface area contributed by atoms with Crippen molar-refractivity contribution in [3.63, 3.8) is 0 Å². The molecule has 0 saturated heterocycles. The zero-order chi connectivity index (χ0) is 10.7. The quantitative estimate of drug-likeness (QED) is 0.549. The van der Waals surface area contributed by atoms with Gasteiger partial charge in [0, 0.05) is 6.42 Å². The zero-order valence-electron chi connectivity index (χ0n) is 9.42. The van der Waals surface area contributed by atoms with Gasteiger partial charge >= 0.3 is 0 Å². The number of hydrogen-bond donors (Lipinski definition) is 1. The first-order valence-electron chi connectivity index (χ1n) is 4.86. The summed E-state index contributed by atoms with van der Waals surface area (Å²) in [4.78, 5) is 20.3. The van der Waals surface area contributed by atoms with Crippen LogP contribution in [0.15, 0.2) is 0 Å². The van der Waals surface area contributed by atoms with Crippen LogP contribution >= 0.6 is 0 Å². The molecule has 13 heavy (non-hydrogen) atoms. The summed E-state index contributed by atoms with van der Waals surface area (Å²) in [6.07, 6.45) is 2.50. The van der Waals surface area contributed by atoms with E-state index < -0.39 is 8.32 Å². The van der Waals surface area contributed by atoms with Gasteiger partial charge in [0.1, 0.15) is 6.29 Å². The third kappa shape index (κ3) is 4.05. The average Bonchev–Trinajstić information content (AvgIpc) is 1.83. The van der Waals surface area contributed by atoms with Gasteiger partial charge in [0.25, 0.3) is 0 Å². The Morgan fingerprint density at radius 2 is 1.92 bits per heavy atom. The predicted molar refractivity (Wildman–Crippen MR) is 58.2 cm³/mol. The Kier molecular flexibility index (Phi) is 4.32. The Bertz CT molecular complexity index is 170. The van der Waals surface area contributed by atoms with Gasteiger partial charge in [0.05, 0.1) is 0 Å². The van der Waals surface area contributed by atoms with Gasteiger partial charge in [0.15, 0.2) is 8.32 Å². The fraction of sp³-hybridized carbons (Fsp3) is 0.900. The van der Waals surface area contributed by atoms with Crippen LogP contribution in [0.3, 0.4) is 0 Å². The monoisotopic (exact) mass is 202 g/mol. The molecule has 0 heterocycles. The first-order valence-corrected chi connectivity index (χ1v) is 7.81.